The highest BCUT2D eigenvalue weighted by Gasteiger charge is 2.35. The van der Waals surface area contributed by atoms with Gasteiger partial charge in [0.1, 0.15) is 65.4 Å². The maximum atomic E-state index is 13.2. The van der Waals surface area contributed by atoms with Gasteiger partial charge in [0.25, 0.3) is 30.1 Å². The number of hydrogen-bond donors (Lipinski definition) is 9. The van der Waals surface area contributed by atoms with E-state index in [-0.39, 0.29) is 87.6 Å². The number of aromatic nitrogens is 12. The third-order valence-electron chi connectivity index (χ3n) is 22.3. The Morgan fingerprint density at radius 3 is 1.10 bits per heavy atom. The molecule has 0 spiro atoms. The van der Waals surface area contributed by atoms with Crippen LogP contribution in [-0.4, -0.2) is 246 Å². The fraction of sp³-hybridized carbons (Fsp3) is 0.363. The number of nitrogens with one attached hydrogen (secondary N) is 8. The number of benzene rings is 5. The van der Waals surface area contributed by atoms with Crippen LogP contribution in [0.25, 0.3) is 44.1 Å². The van der Waals surface area contributed by atoms with E-state index in [1.165, 1.54) is 51.8 Å². The van der Waals surface area contributed by atoms with E-state index in [1.807, 2.05) is 79.5 Å². The van der Waals surface area contributed by atoms with Gasteiger partial charge in [-0.3, -0.25) is 9.59 Å². The van der Waals surface area contributed by atoms with Crippen molar-refractivity contribution in [3.63, 3.8) is 0 Å². The lowest BCUT2D eigenvalue weighted by Gasteiger charge is -2.24. The molecule has 18 rings (SSSR count). The predicted octanol–water partition coefficient (Wildman–Crippen LogP) is 13.9. The summed E-state index contributed by atoms with van der Waals surface area (Å²) in [4.78, 5) is 93.7. The molecule has 0 radical (unpaired) electrons. The number of nitrogens with two attached hydrogens (primary N) is 1. The van der Waals surface area contributed by atoms with E-state index in [9.17, 15) is 44.4 Å². The van der Waals surface area contributed by atoms with Gasteiger partial charge in [0.15, 0.2) is 16.9 Å². The summed E-state index contributed by atoms with van der Waals surface area (Å²) >= 11 is 24.0. The van der Waals surface area contributed by atoms with Gasteiger partial charge in [0.05, 0.1) is 49.3 Å². The topological polar surface area (TPSA) is 446 Å². The Morgan fingerprint density at radius 1 is 0.418 bits per heavy atom. The average molecular weight is 1970 g/mol. The lowest BCUT2D eigenvalue weighted by Crippen LogP contribution is -2.36. The maximum Gasteiger partial charge on any atom is 0.410 e. The van der Waals surface area contributed by atoms with Crippen LogP contribution in [0, 0.1) is 20.8 Å². The van der Waals surface area contributed by atoms with Gasteiger partial charge in [-0.25, -0.2) is 86.6 Å². The largest absolute Gasteiger partial charge is 0.444 e. The third kappa shape index (κ3) is 24.7. The minimum absolute atomic E-state index is 0.0299. The number of H-pyrrole nitrogens is 1. The standard InChI is InChI=1S/C25H24Cl2N6O3S.C22H27N5O4S.C18H18Cl2N6O.C17H19N5O2S.C9H18N2O2/c1-16-2-4-21(5-3-16)37(35,36)33-9-7-22-24(29-15-30-25(22)33)31-19-6-8-32(14-19)23(34)13-28-20-11-17(26)10-18(27)12-20;1-15-5-7-17(8-6-15)32(29,30)27-12-10-18-19(23-14-24-20(18)27)25-16-9-11-26(13-16)21(28)31-22(2,3)4;19-11-5-12(20)7-14(6-11)22-8-16(27)26-4-2-13(9-26)25-18-15-1-3-21-17(15)23-10-24-18;1-12-2-4-14(5-3-12)25(23,24)22-9-7-15-16(19-11-20-17(15)22)21-13-6-8-18-10-13;1-9(2,3)13-8(12)11-5-4-7(10)6-11/h2-5,7,9-12,15,19,28H,6,8,13-14H2,1H3,(H,29,30,31);5-8,10,12,14,16H,9,11,13H2,1-4H3,(H,23,24,25);1,3,5-7,10,13,22H,2,4,8-9H2,(H2,21,23,24,25);2-5,7,9,11,13,18H,6,8,10H2,1H3,(H,19,20,21);7H,4-6,10H2,1-3H3/t19-;16-;2*13-;7-/m11111/s1. The normalized spacial score (nSPS) is 17.4. The summed E-state index contributed by atoms with van der Waals surface area (Å²) in [6.07, 6.45) is 15.6. The number of nitrogens with zero attached hydrogens (tertiary/aromatic N) is 15. The third-order valence-corrected chi connectivity index (χ3v) is 28.2. The van der Waals surface area contributed by atoms with Gasteiger partial charge in [-0.15, -0.1) is 0 Å². The molecule has 0 aliphatic carbocycles. The molecule has 0 saturated carbocycles. The van der Waals surface area contributed by atoms with Gasteiger partial charge in [-0.1, -0.05) is 99.5 Å². The zero-order valence-electron chi connectivity index (χ0n) is 75.1. The number of aromatic amines is 1. The molecule has 5 atom stereocenters. The van der Waals surface area contributed by atoms with Crippen LogP contribution in [0.4, 0.5) is 44.2 Å². The van der Waals surface area contributed by atoms with E-state index in [4.69, 9.17) is 61.6 Å². The van der Waals surface area contributed by atoms with Crippen LogP contribution in [0.1, 0.15) is 90.3 Å². The zero-order chi connectivity index (χ0) is 95.6. The SMILES string of the molecule is CC(C)(C)OC(=O)N1CC[C@@H](N)C1.Cc1ccc(S(=O)(=O)n2ccc3c(N[C@@H]4CCN(C(=O)CNc5cc(Cl)cc(Cl)c5)C4)ncnc32)cc1.Cc1ccc(S(=O)(=O)n2ccc3c(N[C@@H]4CCN(C(=O)OC(C)(C)C)C4)ncnc32)cc1.Cc1ccc(S(=O)(=O)n2ccc3c(N[C@@H]4CCNC4)ncnc32)cc1.O=C(CNc1cc(Cl)cc(Cl)c1)N1CC[C@@H](Nc2ncnc3[nH]ccc23)C1. The van der Waals surface area contributed by atoms with Crippen molar-refractivity contribution in [3.05, 3.63) is 220 Å². The van der Waals surface area contributed by atoms with E-state index in [0.29, 0.717) is 116 Å². The highest BCUT2D eigenvalue weighted by Crippen LogP contribution is 2.33. The lowest BCUT2D eigenvalue weighted by molar-refractivity contribution is -0.129. The second-order valence-electron chi connectivity index (χ2n) is 35.0. The first-order valence-corrected chi connectivity index (χ1v) is 49.3. The van der Waals surface area contributed by atoms with Crippen molar-refractivity contribution in [2.45, 2.75) is 151 Å². The number of anilines is 6. The number of fused-ring (bicyclic) bond motifs is 4. The van der Waals surface area contributed by atoms with Crippen molar-refractivity contribution >= 4 is 179 Å². The van der Waals surface area contributed by atoms with Crippen LogP contribution < -0.4 is 43.0 Å². The number of ether oxygens (including phenoxy) is 2. The summed E-state index contributed by atoms with van der Waals surface area (Å²) in [5.41, 5.74) is 10.8. The molecule has 134 heavy (non-hydrogen) atoms. The molecule has 13 heterocycles. The number of amides is 4. The monoisotopic (exact) mass is 1960 g/mol. The number of rotatable bonds is 20. The van der Waals surface area contributed by atoms with Crippen molar-refractivity contribution < 1.29 is 53.9 Å². The molecule has 10 N–H and O–H groups in total. The molecule has 5 aromatic carbocycles. The molecule has 0 bridgehead atoms. The van der Waals surface area contributed by atoms with Crippen LogP contribution in [0.5, 0.6) is 0 Å². The molecule has 5 saturated heterocycles. The molecule has 708 valence electrons. The van der Waals surface area contributed by atoms with Gasteiger partial charge in [-0.2, -0.15) is 0 Å². The summed E-state index contributed by atoms with van der Waals surface area (Å²) in [6, 6.07) is 37.9. The second-order valence-corrected chi connectivity index (χ2v) is 42.1. The number of likely N-dealkylation sites (tertiary alicyclic amines) is 4. The van der Waals surface area contributed by atoms with Crippen molar-refractivity contribution in [2.24, 2.45) is 5.73 Å². The molecule has 36 nitrogen and oxygen atoms in total. The molecular weight excluding hydrogens is 1860 g/mol. The van der Waals surface area contributed by atoms with Crippen molar-refractivity contribution in [3.8, 4) is 0 Å². The van der Waals surface area contributed by atoms with E-state index in [0.717, 1.165) is 94.9 Å². The number of hydrogen-bond acceptors (Lipinski definition) is 28. The van der Waals surface area contributed by atoms with Crippen molar-refractivity contribution in [1.82, 2.24) is 81.7 Å². The fourth-order valence-corrected chi connectivity index (χ4v) is 20.4. The molecule has 13 aromatic rings. The summed E-state index contributed by atoms with van der Waals surface area (Å²) < 4.78 is 92.8. The van der Waals surface area contributed by atoms with Crippen molar-refractivity contribution in [2.75, 3.05) is 110 Å². The number of carbonyl (C=O) groups is 4. The van der Waals surface area contributed by atoms with E-state index in [2.05, 4.69) is 82.1 Å². The number of halogens is 4. The maximum absolute atomic E-state index is 13.2. The summed E-state index contributed by atoms with van der Waals surface area (Å²) in [6.45, 7) is 23.8. The van der Waals surface area contributed by atoms with Crippen LogP contribution in [0.3, 0.4) is 0 Å². The molecule has 5 aliphatic heterocycles. The Labute approximate surface area is 796 Å². The molecule has 0 unspecified atom stereocenters. The highest BCUT2D eigenvalue weighted by molar-refractivity contribution is 7.90. The molecular formula is C91H106Cl4N24O12S3. The Hall–Kier alpha value is -12.2. The van der Waals surface area contributed by atoms with E-state index >= 15 is 0 Å². The predicted molar refractivity (Wildman–Crippen MR) is 520 cm³/mol. The highest BCUT2D eigenvalue weighted by atomic mass is 35.5. The first-order valence-electron chi connectivity index (χ1n) is 43.4. The number of carbonyl (C=O) groups excluding carboxylic acids is 4. The van der Waals surface area contributed by atoms with Gasteiger partial charge in [0.2, 0.25) is 11.8 Å². The Kier molecular flexibility index (Phi) is 30.8. The molecule has 5 fully saturated rings. The lowest BCUT2D eigenvalue weighted by atomic mass is 10.2. The first kappa shape index (κ1) is 97.8. The Morgan fingerprint density at radius 2 is 0.754 bits per heavy atom. The van der Waals surface area contributed by atoms with Crippen LogP contribution in [0.2, 0.25) is 20.1 Å². The zero-order valence-corrected chi connectivity index (χ0v) is 80.6. The number of aryl methyl sites for hydroxylation is 3. The van der Waals surface area contributed by atoms with Gasteiger partial charge < -0.3 is 77.0 Å². The van der Waals surface area contributed by atoms with Gasteiger partial charge >= 0.3 is 12.2 Å². The first-order chi connectivity index (χ1) is 63.8. The minimum Gasteiger partial charge on any atom is -0.444 e. The Balaban J connectivity index is 0.000000138. The molecule has 4 amide bonds. The fourth-order valence-electron chi connectivity index (χ4n) is 15.5. The van der Waals surface area contributed by atoms with Crippen LogP contribution in [0.15, 0.2) is 198 Å². The molecule has 5 aliphatic rings. The molecule has 8 aromatic heterocycles. The van der Waals surface area contributed by atoms with Gasteiger partial charge in [0, 0.05) is 145 Å². The van der Waals surface area contributed by atoms with Crippen LogP contribution in [-0.2, 0) is 49.1 Å². The van der Waals surface area contributed by atoms with Crippen LogP contribution >= 0.6 is 46.4 Å². The minimum atomic E-state index is -3.82. The average Bonchev–Trinajstić information content (AvgIpc) is 1.61. The van der Waals surface area contributed by atoms with Crippen molar-refractivity contribution in [1.29, 1.82) is 0 Å². The quantitative estimate of drug-likeness (QED) is 0.0342. The summed E-state index contributed by atoms with van der Waals surface area (Å²) in [5, 5.41) is 27.8. The summed E-state index contributed by atoms with van der Waals surface area (Å²) in [5.74, 6) is 2.48. The molecule has 43 heteroatoms. The van der Waals surface area contributed by atoms with E-state index in [1.54, 1.807) is 142 Å². The Bertz CT molecular complexity index is 6720. The van der Waals surface area contributed by atoms with Gasteiger partial charge in [-0.05, 0) is 198 Å². The second kappa shape index (κ2) is 42.1. The van der Waals surface area contributed by atoms with E-state index < -0.39 is 41.3 Å². The summed E-state index contributed by atoms with van der Waals surface area (Å²) in [7, 11) is -11.3. The smallest absolute Gasteiger partial charge is 0.410 e.